The average molecular weight is 479 g/mol. The number of rotatable bonds is 6. The fourth-order valence-corrected chi connectivity index (χ4v) is 4.72. The summed E-state index contributed by atoms with van der Waals surface area (Å²) in [4.78, 5) is 15.5. The van der Waals surface area contributed by atoms with Gasteiger partial charge in [-0.25, -0.2) is 0 Å². The zero-order valence-corrected chi connectivity index (χ0v) is 21.0. The average Bonchev–Trinajstić information content (AvgIpc) is 2.89. The third-order valence-corrected chi connectivity index (χ3v) is 6.64. The molecule has 0 saturated heterocycles. The lowest BCUT2D eigenvalue weighted by atomic mass is 10.0. The van der Waals surface area contributed by atoms with Crippen LogP contribution in [0.25, 0.3) is 0 Å². The van der Waals surface area contributed by atoms with Crippen LogP contribution in [0.2, 0.25) is 0 Å². The van der Waals surface area contributed by atoms with Gasteiger partial charge in [-0.15, -0.1) is 0 Å². The molecule has 0 bridgehead atoms. The van der Waals surface area contributed by atoms with E-state index in [9.17, 15) is 4.79 Å². The van der Waals surface area contributed by atoms with Crippen LogP contribution in [0.1, 0.15) is 44.3 Å². The fourth-order valence-electron chi connectivity index (χ4n) is 4.72. The molecule has 1 heterocycles. The van der Waals surface area contributed by atoms with Crippen molar-refractivity contribution in [3.8, 4) is 11.5 Å². The van der Waals surface area contributed by atoms with Crippen molar-refractivity contribution >= 4 is 17.3 Å². The lowest BCUT2D eigenvalue weighted by molar-refractivity contribution is 0.0975. The highest BCUT2D eigenvalue weighted by atomic mass is 16.5. The van der Waals surface area contributed by atoms with Crippen molar-refractivity contribution in [1.82, 2.24) is 0 Å². The molecular weight excluding hydrogens is 448 g/mol. The number of anilines is 2. The molecule has 5 nitrogen and oxygen atoms in total. The van der Waals surface area contributed by atoms with Crippen molar-refractivity contribution in [3.05, 3.63) is 118 Å². The zero-order valence-electron chi connectivity index (χ0n) is 21.0. The minimum atomic E-state index is -0.389. The van der Waals surface area contributed by atoms with E-state index in [2.05, 4.69) is 11.4 Å². The van der Waals surface area contributed by atoms with Gasteiger partial charge >= 0.3 is 0 Å². The van der Waals surface area contributed by atoms with Crippen LogP contribution < -0.4 is 19.7 Å². The van der Waals surface area contributed by atoms with Crippen molar-refractivity contribution in [1.29, 1.82) is 0 Å². The van der Waals surface area contributed by atoms with Gasteiger partial charge in [0.2, 0.25) is 0 Å². The van der Waals surface area contributed by atoms with E-state index in [1.54, 1.807) is 7.11 Å². The van der Waals surface area contributed by atoms with E-state index in [-0.39, 0.29) is 12.1 Å². The second-order valence-corrected chi connectivity index (χ2v) is 9.18. The standard InChI is InChI=1S/C31H30N2O3/c1-20-12-15-25(16-13-20)33-30(32-27-11-6-5-10-26(27)31(33)34)23-14-17-28(35-4)24(18-23)19-36-29-21(2)8-7-9-22(29)3/h5-18,30,32H,19H2,1-4H3. The Morgan fingerprint density at radius 1 is 0.861 bits per heavy atom. The van der Waals surface area contributed by atoms with E-state index in [0.29, 0.717) is 12.2 Å². The van der Waals surface area contributed by atoms with Gasteiger partial charge in [-0.3, -0.25) is 9.69 Å². The summed E-state index contributed by atoms with van der Waals surface area (Å²) in [6.45, 7) is 6.48. The summed E-state index contributed by atoms with van der Waals surface area (Å²) in [5, 5.41) is 3.59. The van der Waals surface area contributed by atoms with Crippen molar-refractivity contribution in [2.75, 3.05) is 17.3 Å². The van der Waals surface area contributed by atoms with Crippen LogP contribution in [0.3, 0.4) is 0 Å². The largest absolute Gasteiger partial charge is 0.496 e. The van der Waals surface area contributed by atoms with Gasteiger partial charge in [0, 0.05) is 16.9 Å². The maximum Gasteiger partial charge on any atom is 0.262 e. The second kappa shape index (κ2) is 9.78. The number of methoxy groups -OCH3 is 1. The minimum Gasteiger partial charge on any atom is -0.496 e. The van der Waals surface area contributed by atoms with Crippen molar-refractivity contribution < 1.29 is 14.3 Å². The highest BCUT2D eigenvalue weighted by Gasteiger charge is 2.34. The third kappa shape index (κ3) is 4.40. The van der Waals surface area contributed by atoms with Crippen LogP contribution in [0, 0.1) is 20.8 Å². The van der Waals surface area contributed by atoms with Crippen LogP contribution >= 0.6 is 0 Å². The molecule has 4 aromatic carbocycles. The summed E-state index contributed by atoms with van der Waals surface area (Å²) in [6, 6.07) is 27.8. The highest BCUT2D eigenvalue weighted by Crippen LogP contribution is 2.38. The van der Waals surface area contributed by atoms with E-state index in [1.165, 1.54) is 0 Å². The summed E-state index contributed by atoms with van der Waals surface area (Å²) in [6.07, 6.45) is -0.389. The molecule has 1 atom stereocenters. The molecule has 182 valence electrons. The number of carbonyl (C=O) groups excluding carboxylic acids is 1. The molecule has 0 saturated carbocycles. The first-order chi connectivity index (χ1) is 17.5. The zero-order chi connectivity index (χ0) is 25.2. The van der Waals surface area contributed by atoms with E-state index < -0.39 is 0 Å². The summed E-state index contributed by atoms with van der Waals surface area (Å²) < 4.78 is 11.9. The summed E-state index contributed by atoms with van der Waals surface area (Å²) in [5.74, 6) is 1.59. The number of nitrogens with zero attached hydrogens (tertiary/aromatic N) is 1. The molecule has 0 aromatic heterocycles. The van der Waals surface area contributed by atoms with Gasteiger partial charge in [-0.1, -0.05) is 54.1 Å². The van der Waals surface area contributed by atoms with Gasteiger partial charge in [0.1, 0.15) is 24.3 Å². The first-order valence-electron chi connectivity index (χ1n) is 12.1. The summed E-state index contributed by atoms with van der Waals surface area (Å²) in [7, 11) is 1.66. The number of hydrogen-bond donors (Lipinski definition) is 1. The molecule has 1 amide bonds. The molecule has 4 aromatic rings. The van der Waals surface area contributed by atoms with Gasteiger partial charge in [-0.2, -0.15) is 0 Å². The smallest absolute Gasteiger partial charge is 0.262 e. The topological polar surface area (TPSA) is 50.8 Å². The van der Waals surface area contributed by atoms with E-state index in [0.717, 1.165) is 50.7 Å². The predicted octanol–water partition coefficient (Wildman–Crippen LogP) is 6.97. The van der Waals surface area contributed by atoms with Gasteiger partial charge in [0.15, 0.2) is 0 Å². The summed E-state index contributed by atoms with van der Waals surface area (Å²) in [5.41, 5.74) is 7.49. The molecule has 0 fully saturated rings. The quantitative estimate of drug-likeness (QED) is 0.325. The molecule has 1 aliphatic rings. The SMILES string of the molecule is COc1ccc(C2Nc3ccccc3C(=O)N2c2ccc(C)cc2)cc1COc1c(C)cccc1C. The number of para-hydroxylation sites is 2. The number of aryl methyl sites for hydroxylation is 3. The van der Waals surface area contributed by atoms with E-state index >= 15 is 0 Å². The highest BCUT2D eigenvalue weighted by molar-refractivity contribution is 6.12. The maximum absolute atomic E-state index is 13.7. The minimum absolute atomic E-state index is 0.0395. The Morgan fingerprint density at radius 3 is 2.31 bits per heavy atom. The first kappa shape index (κ1) is 23.5. The number of carbonyl (C=O) groups is 1. The van der Waals surface area contributed by atoms with Gasteiger partial charge in [-0.05, 0) is 73.9 Å². The number of hydrogen-bond acceptors (Lipinski definition) is 4. The molecular formula is C31H30N2O3. The molecule has 1 aliphatic heterocycles. The second-order valence-electron chi connectivity index (χ2n) is 9.18. The van der Waals surface area contributed by atoms with Crippen LogP contribution in [0.15, 0.2) is 84.9 Å². The van der Waals surface area contributed by atoms with Crippen molar-refractivity contribution in [3.63, 3.8) is 0 Å². The monoisotopic (exact) mass is 478 g/mol. The molecule has 1 N–H and O–H groups in total. The number of ether oxygens (including phenoxy) is 2. The Morgan fingerprint density at radius 2 is 1.58 bits per heavy atom. The van der Waals surface area contributed by atoms with Gasteiger partial charge in [0.05, 0.1) is 12.7 Å². The number of amides is 1. The number of benzene rings is 4. The molecule has 36 heavy (non-hydrogen) atoms. The molecule has 5 heteroatoms. The van der Waals surface area contributed by atoms with Crippen LogP contribution in [-0.4, -0.2) is 13.0 Å². The van der Waals surface area contributed by atoms with Crippen molar-refractivity contribution in [2.45, 2.75) is 33.5 Å². The summed E-state index contributed by atoms with van der Waals surface area (Å²) >= 11 is 0. The normalized spacial score (nSPS) is 14.7. The van der Waals surface area contributed by atoms with Crippen LogP contribution in [0.5, 0.6) is 11.5 Å². The van der Waals surface area contributed by atoms with Crippen LogP contribution in [0.4, 0.5) is 11.4 Å². The molecule has 0 spiro atoms. The Labute approximate surface area is 212 Å². The first-order valence-corrected chi connectivity index (χ1v) is 12.1. The predicted molar refractivity (Wildman–Crippen MR) is 144 cm³/mol. The lowest BCUT2D eigenvalue weighted by Gasteiger charge is -2.38. The Kier molecular flexibility index (Phi) is 6.38. The number of fused-ring (bicyclic) bond motifs is 1. The molecule has 1 unspecified atom stereocenters. The molecule has 0 aliphatic carbocycles. The van der Waals surface area contributed by atoms with E-state index in [1.807, 2.05) is 105 Å². The molecule has 0 radical (unpaired) electrons. The fraction of sp³-hybridized carbons (Fsp3) is 0.194. The lowest BCUT2D eigenvalue weighted by Crippen LogP contribution is -2.43. The van der Waals surface area contributed by atoms with Crippen LogP contribution in [-0.2, 0) is 6.61 Å². The van der Waals surface area contributed by atoms with E-state index in [4.69, 9.17) is 9.47 Å². The Balaban J connectivity index is 1.54. The maximum atomic E-state index is 13.7. The molecule has 5 rings (SSSR count). The van der Waals surface area contributed by atoms with Gasteiger partial charge < -0.3 is 14.8 Å². The Bertz CT molecular complexity index is 1390. The third-order valence-electron chi connectivity index (χ3n) is 6.64. The number of nitrogens with one attached hydrogen (secondary N) is 1. The Hall–Kier alpha value is -4.25. The van der Waals surface area contributed by atoms with Crippen molar-refractivity contribution in [2.24, 2.45) is 0 Å². The van der Waals surface area contributed by atoms with Gasteiger partial charge in [0.25, 0.3) is 5.91 Å².